The molecule has 1 aliphatic carbocycles. The average molecular weight is 521 g/mol. The van der Waals surface area contributed by atoms with E-state index >= 15 is 0 Å². The number of hydrogen-bond donors (Lipinski definition) is 1. The molecule has 198 valence electrons. The van der Waals surface area contributed by atoms with E-state index in [4.69, 9.17) is 33.2 Å². The highest BCUT2D eigenvalue weighted by Crippen LogP contribution is 2.60. The Morgan fingerprint density at radius 1 is 0.816 bits per heavy atom. The molecule has 9 heteroatoms. The van der Waals surface area contributed by atoms with Gasteiger partial charge < -0.3 is 38.3 Å². The molecule has 0 saturated heterocycles. The highest BCUT2D eigenvalue weighted by Gasteiger charge is 2.43. The number of rotatable bonds is 4. The minimum Gasteiger partial charge on any atom is -0.492 e. The van der Waals surface area contributed by atoms with Gasteiger partial charge in [-0.15, -0.1) is 0 Å². The maximum atomic E-state index is 13.3. The largest absolute Gasteiger partial charge is 0.492 e. The van der Waals surface area contributed by atoms with Crippen molar-refractivity contribution in [3.8, 4) is 45.6 Å². The predicted molar refractivity (Wildman–Crippen MR) is 135 cm³/mol. The predicted octanol–water partition coefficient (Wildman–Crippen LogP) is 5.05. The molecular weight excluding hydrogens is 492 g/mol. The van der Waals surface area contributed by atoms with E-state index < -0.39 is 18.2 Å². The zero-order valence-corrected chi connectivity index (χ0v) is 21.5. The molecule has 9 nitrogen and oxygen atoms in total. The summed E-state index contributed by atoms with van der Waals surface area (Å²) in [5, 5.41) is 11.7. The van der Waals surface area contributed by atoms with Crippen molar-refractivity contribution in [2.45, 2.75) is 26.1 Å². The van der Waals surface area contributed by atoms with E-state index in [1.54, 1.807) is 30.3 Å². The second kappa shape index (κ2) is 9.33. The fraction of sp³-hybridized carbons (Fsp3) is 0.345. The van der Waals surface area contributed by atoms with Gasteiger partial charge in [-0.2, -0.15) is 0 Å². The molecule has 0 spiro atoms. The van der Waals surface area contributed by atoms with Crippen LogP contribution in [0.4, 0.5) is 0 Å². The molecule has 4 atom stereocenters. The molecule has 3 aliphatic rings. The van der Waals surface area contributed by atoms with E-state index in [-0.39, 0.29) is 25.4 Å². The van der Waals surface area contributed by atoms with Crippen LogP contribution in [-0.2, 0) is 4.74 Å². The van der Waals surface area contributed by atoms with Crippen LogP contribution in [0.1, 0.15) is 47.5 Å². The van der Waals surface area contributed by atoms with Gasteiger partial charge >= 0.3 is 5.97 Å². The maximum Gasteiger partial charge on any atom is 0.338 e. The Balaban J connectivity index is 1.66. The lowest BCUT2D eigenvalue weighted by molar-refractivity contribution is -0.0135. The molecule has 0 bridgehead atoms. The Labute approximate surface area is 219 Å². The fourth-order valence-electron chi connectivity index (χ4n) is 5.48. The van der Waals surface area contributed by atoms with E-state index in [0.717, 1.165) is 0 Å². The smallest absolute Gasteiger partial charge is 0.338 e. The van der Waals surface area contributed by atoms with E-state index in [0.29, 0.717) is 62.3 Å². The fourth-order valence-corrected chi connectivity index (χ4v) is 5.48. The van der Waals surface area contributed by atoms with Crippen LogP contribution in [0, 0.1) is 11.8 Å². The van der Waals surface area contributed by atoms with Gasteiger partial charge in [-0.1, -0.05) is 32.0 Å². The molecule has 0 amide bonds. The molecule has 0 radical (unpaired) electrons. The van der Waals surface area contributed by atoms with Crippen LogP contribution in [-0.4, -0.2) is 38.9 Å². The van der Waals surface area contributed by atoms with Gasteiger partial charge in [0.2, 0.25) is 25.1 Å². The molecular formula is C29H28O9. The maximum absolute atomic E-state index is 13.3. The van der Waals surface area contributed by atoms with Crippen molar-refractivity contribution in [1.29, 1.82) is 0 Å². The first-order valence-electron chi connectivity index (χ1n) is 12.4. The number of aliphatic hydroxyl groups excluding tert-OH is 1. The summed E-state index contributed by atoms with van der Waals surface area (Å²) in [6.45, 7) is 3.92. The molecule has 38 heavy (non-hydrogen) atoms. The number of aliphatic hydroxyl groups is 1. The first kappa shape index (κ1) is 24.2. The van der Waals surface area contributed by atoms with E-state index in [1.807, 2.05) is 26.0 Å². The third-order valence-electron chi connectivity index (χ3n) is 7.63. The lowest BCUT2D eigenvalue weighted by atomic mass is 9.74. The minimum atomic E-state index is -0.954. The Morgan fingerprint density at radius 3 is 1.95 bits per heavy atom. The van der Waals surface area contributed by atoms with Crippen LogP contribution in [0.3, 0.4) is 0 Å². The summed E-state index contributed by atoms with van der Waals surface area (Å²) in [6, 6.07) is 12.4. The van der Waals surface area contributed by atoms with Gasteiger partial charge in [-0.05, 0) is 35.7 Å². The molecule has 0 saturated carbocycles. The van der Waals surface area contributed by atoms with E-state index in [1.165, 1.54) is 14.2 Å². The van der Waals surface area contributed by atoms with Crippen molar-refractivity contribution in [3.63, 3.8) is 0 Å². The number of methoxy groups -OCH3 is 2. The number of benzene rings is 3. The normalized spacial score (nSPS) is 22.6. The van der Waals surface area contributed by atoms with E-state index in [9.17, 15) is 9.90 Å². The highest BCUT2D eigenvalue weighted by atomic mass is 16.7. The molecule has 2 aliphatic heterocycles. The number of esters is 1. The summed E-state index contributed by atoms with van der Waals surface area (Å²) in [4.78, 5) is 13.3. The van der Waals surface area contributed by atoms with Crippen molar-refractivity contribution in [1.82, 2.24) is 0 Å². The Morgan fingerprint density at radius 2 is 1.37 bits per heavy atom. The zero-order valence-electron chi connectivity index (χ0n) is 21.5. The Bertz CT molecular complexity index is 1400. The standard InChI is InChI=1S/C29H28O9/c1-14-15(2)24(38-29(31)16-8-6-5-7-9-16)18-11-20-26(37-13-35-20)28(33-4)22(18)21-17(23(14)30)10-19-25(27(21)32-3)36-12-34-19/h5-11,14-15,23-24,30H,12-13H2,1-4H3/t14-,15-,23+,24-/m0/s1. The number of fused-ring (bicyclic) bond motifs is 5. The summed E-state index contributed by atoms with van der Waals surface area (Å²) in [7, 11) is 3.06. The molecule has 2 heterocycles. The monoisotopic (exact) mass is 520 g/mol. The lowest BCUT2D eigenvalue weighted by Gasteiger charge is -2.37. The molecule has 0 aromatic heterocycles. The van der Waals surface area contributed by atoms with Gasteiger partial charge in [0.15, 0.2) is 23.0 Å². The number of carbonyl (C=O) groups excluding carboxylic acids is 1. The first-order chi connectivity index (χ1) is 18.4. The van der Waals surface area contributed by atoms with Crippen LogP contribution in [0.15, 0.2) is 42.5 Å². The van der Waals surface area contributed by atoms with Gasteiger partial charge in [0.05, 0.1) is 25.9 Å². The van der Waals surface area contributed by atoms with Crippen LogP contribution in [0.25, 0.3) is 11.1 Å². The second-order valence-corrected chi connectivity index (χ2v) is 9.57. The zero-order chi connectivity index (χ0) is 26.6. The third-order valence-corrected chi connectivity index (χ3v) is 7.63. The lowest BCUT2D eigenvalue weighted by Crippen LogP contribution is -2.29. The number of ether oxygens (including phenoxy) is 7. The summed E-state index contributed by atoms with van der Waals surface area (Å²) in [6.07, 6.45) is -1.72. The van der Waals surface area contributed by atoms with Gasteiger partial charge in [-0.3, -0.25) is 0 Å². The van der Waals surface area contributed by atoms with Crippen molar-refractivity contribution in [2.75, 3.05) is 27.8 Å². The van der Waals surface area contributed by atoms with Crippen LogP contribution in [0.2, 0.25) is 0 Å². The third kappa shape index (κ3) is 3.60. The van der Waals surface area contributed by atoms with Crippen molar-refractivity contribution in [2.24, 2.45) is 11.8 Å². The summed E-state index contributed by atoms with van der Waals surface area (Å²) in [5.41, 5.74) is 2.75. The second-order valence-electron chi connectivity index (χ2n) is 9.57. The molecule has 6 rings (SSSR count). The summed E-state index contributed by atoms with van der Waals surface area (Å²) in [5.74, 6) is 1.42. The molecule has 0 fully saturated rings. The van der Waals surface area contributed by atoms with Crippen molar-refractivity contribution in [3.05, 3.63) is 59.2 Å². The van der Waals surface area contributed by atoms with Crippen LogP contribution in [0.5, 0.6) is 34.5 Å². The summed E-state index contributed by atoms with van der Waals surface area (Å²) < 4.78 is 41.0. The number of carbonyl (C=O) groups is 1. The summed E-state index contributed by atoms with van der Waals surface area (Å²) >= 11 is 0. The van der Waals surface area contributed by atoms with Gasteiger partial charge in [0.25, 0.3) is 0 Å². The van der Waals surface area contributed by atoms with Crippen molar-refractivity contribution < 1.29 is 43.1 Å². The first-order valence-corrected chi connectivity index (χ1v) is 12.4. The Hall–Kier alpha value is -4.11. The van der Waals surface area contributed by atoms with E-state index in [2.05, 4.69) is 0 Å². The van der Waals surface area contributed by atoms with Crippen molar-refractivity contribution >= 4 is 5.97 Å². The minimum absolute atomic E-state index is 0.0166. The average Bonchev–Trinajstić information content (AvgIpc) is 3.62. The molecule has 1 N–H and O–H groups in total. The number of hydrogen-bond acceptors (Lipinski definition) is 9. The molecule has 3 aromatic rings. The van der Waals surface area contributed by atoms with Gasteiger partial charge in [-0.25, -0.2) is 4.79 Å². The molecule has 0 unspecified atom stereocenters. The topological polar surface area (TPSA) is 102 Å². The Kier molecular flexibility index (Phi) is 5.95. The quantitative estimate of drug-likeness (QED) is 0.474. The van der Waals surface area contributed by atoms with Crippen LogP contribution < -0.4 is 28.4 Å². The van der Waals surface area contributed by atoms with Gasteiger partial charge in [0, 0.05) is 22.6 Å². The molecule has 3 aromatic carbocycles. The highest BCUT2D eigenvalue weighted by molar-refractivity contribution is 5.91. The SMILES string of the molecule is COc1c2c(cc3c1-c1c(cc4c(c1OC)OCO4)[C@H](O)[C@@H](C)[C@H](C)[C@@H]3OC(=O)c1ccccc1)OCO2. The van der Waals surface area contributed by atoms with Crippen LogP contribution >= 0.6 is 0 Å². The van der Waals surface area contributed by atoms with Gasteiger partial charge in [0.1, 0.15) is 6.10 Å².